The standard InChI is InChI=1S/C28H24BrN3O5S/c1-37-26-17-21(16-24(29)27(26)33)18-30-31-28(34)23-14-8-9-15-25(23)32(19-20-10-4-2-5-11-20)38(35,36)22-12-6-3-7-13-22/h2-18,33H,19H2,1H3,(H,31,34)/b30-18-. The Morgan fingerprint density at radius 3 is 2.32 bits per heavy atom. The largest absolute Gasteiger partial charge is 0.503 e. The van der Waals surface area contributed by atoms with E-state index in [1.807, 2.05) is 30.3 Å². The van der Waals surface area contributed by atoms with Gasteiger partial charge in [0.1, 0.15) is 0 Å². The highest BCUT2D eigenvalue weighted by Gasteiger charge is 2.28. The van der Waals surface area contributed by atoms with Gasteiger partial charge in [-0.2, -0.15) is 5.10 Å². The number of amides is 1. The van der Waals surface area contributed by atoms with E-state index in [1.54, 1.807) is 54.6 Å². The Labute approximate surface area is 229 Å². The summed E-state index contributed by atoms with van der Waals surface area (Å²) in [6.07, 6.45) is 1.38. The molecular weight excluding hydrogens is 570 g/mol. The molecule has 1 amide bonds. The molecule has 0 aliphatic heterocycles. The number of phenolic OH excluding ortho intramolecular Hbond substituents is 1. The number of rotatable bonds is 9. The first-order valence-corrected chi connectivity index (χ1v) is 13.6. The number of hydrazone groups is 1. The number of nitrogens with one attached hydrogen (secondary N) is 1. The van der Waals surface area contributed by atoms with Crippen LogP contribution in [0.1, 0.15) is 21.5 Å². The minimum Gasteiger partial charge on any atom is -0.503 e. The van der Waals surface area contributed by atoms with Crippen molar-refractivity contribution in [3.63, 3.8) is 0 Å². The number of carbonyl (C=O) groups excluding carboxylic acids is 1. The third-order valence-corrected chi connectivity index (χ3v) is 7.95. The second-order valence-electron chi connectivity index (χ2n) is 8.08. The maximum atomic E-state index is 13.8. The lowest BCUT2D eigenvalue weighted by Crippen LogP contribution is -2.33. The monoisotopic (exact) mass is 593 g/mol. The van der Waals surface area contributed by atoms with Gasteiger partial charge in [-0.1, -0.05) is 60.7 Å². The summed E-state index contributed by atoms with van der Waals surface area (Å²) in [5.41, 5.74) is 4.11. The number of halogens is 1. The number of phenols is 1. The highest BCUT2D eigenvalue weighted by Crippen LogP contribution is 2.34. The highest BCUT2D eigenvalue weighted by atomic mass is 79.9. The van der Waals surface area contributed by atoms with Crippen LogP contribution in [0.2, 0.25) is 0 Å². The van der Waals surface area contributed by atoms with E-state index in [9.17, 15) is 18.3 Å². The molecule has 4 aromatic carbocycles. The average Bonchev–Trinajstić information content (AvgIpc) is 2.94. The normalized spacial score (nSPS) is 11.3. The van der Waals surface area contributed by atoms with Crippen LogP contribution in [0.25, 0.3) is 0 Å². The van der Waals surface area contributed by atoms with Crippen LogP contribution in [0.3, 0.4) is 0 Å². The second-order valence-corrected chi connectivity index (χ2v) is 10.8. The minimum atomic E-state index is -4.02. The predicted molar refractivity (Wildman–Crippen MR) is 150 cm³/mol. The van der Waals surface area contributed by atoms with E-state index in [0.717, 1.165) is 5.56 Å². The van der Waals surface area contributed by atoms with Crippen molar-refractivity contribution in [2.24, 2.45) is 5.10 Å². The Morgan fingerprint density at radius 1 is 1.00 bits per heavy atom. The third kappa shape index (κ3) is 6.04. The van der Waals surface area contributed by atoms with Gasteiger partial charge >= 0.3 is 0 Å². The van der Waals surface area contributed by atoms with Crippen molar-refractivity contribution < 1.29 is 23.1 Å². The first kappa shape index (κ1) is 26.9. The van der Waals surface area contributed by atoms with Gasteiger partial charge in [-0.05, 0) is 63.5 Å². The van der Waals surface area contributed by atoms with Gasteiger partial charge in [0.25, 0.3) is 15.9 Å². The lowest BCUT2D eigenvalue weighted by molar-refractivity contribution is 0.0955. The Morgan fingerprint density at radius 2 is 1.63 bits per heavy atom. The maximum Gasteiger partial charge on any atom is 0.273 e. The van der Waals surface area contributed by atoms with Crippen molar-refractivity contribution in [1.29, 1.82) is 0 Å². The average molecular weight is 594 g/mol. The summed E-state index contributed by atoms with van der Waals surface area (Å²) < 4.78 is 34.3. The molecule has 0 atom stereocenters. The van der Waals surface area contributed by atoms with Crippen LogP contribution in [0, 0.1) is 0 Å². The molecule has 0 spiro atoms. The van der Waals surface area contributed by atoms with Crippen LogP contribution in [0.4, 0.5) is 5.69 Å². The summed E-state index contributed by atoms with van der Waals surface area (Å²) in [7, 11) is -2.59. The summed E-state index contributed by atoms with van der Waals surface area (Å²) in [6, 6.07) is 26.8. The predicted octanol–water partition coefficient (Wildman–Crippen LogP) is 5.32. The molecule has 0 aromatic heterocycles. The molecule has 194 valence electrons. The molecular formula is C28H24BrN3O5S. The van der Waals surface area contributed by atoms with Crippen molar-refractivity contribution in [2.45, 2.75) is 11.4 Å². The molecule has 0 aliphatic rings. The first-order chi connectivity index (χ1) is 18.3. The third-order valence-electron chi connectivity index (χ3n) is 5.57. The number of carbonyl (C=O) groups is 1. The van der Waals surface area contributed by atoms with Crippen molar-refractivity contribution in [3.05, 3.63) is 118 Å². The number of benzene rings is 4. The van der Waals surface area contributed by atoms with E-state index >= 15 is 0 Å². The number of anilines is 1. The molecule has 2 N–H and O–H groups in total. The van der Waals surface area contributed by atoms with Crippen LogP contribution in [-0.2, 0) is 16.6 Å². The van der Waals surface area contributed by atoms with E-state index in [-0.39, 0.29) is 34.2 Å². The molecule has 38 heavy (non-hydrogen) atoms. The van der Waals surface area contributed by atoms with Gasteiger partial charge < -0.3 is 9.84 Å². The van der Waals surface area contributed by atoms with Gasteiger partial charge in [0.05, 0.1) is 40.5 Å². The number of sulfonamides is 1. The van der Waals surface area contributed by atoms with Crippen LogP contribution >= 0.6 is 15.9 Å². The number of aromatic hydroxyl groups is 1. The van der Waals surface area contributed by atoms with E-state index in [0.29, 0.717) is 10.0 Å². The Balaban J connectivity index is 1.68. The fraction of sp³-hybridized carbons (Fsp3) is 0.0714. The lowest BCUT2D eigenvalue weighted by Gasteiger charge is -2.26. The molecule has 0 radical (unpaired) electrons. The highest BCUT2D eigenvalue weighted by molar-refractivity contribution is 9.10. The number of nitrogens with zero attached hydrogens (tertiary/aromatic N) is 2. The van der Waals surface area contributed by atoms with Crippen LogP contribution in [0.15, 0.2) is 112 Å². The zero-order chi connectivity index (χ0) is 27.1. The number of hydrogen-bond acceptors (Lipinski definition) is 6. The molecule has 0 aliphatic carbocycles. The fourth-order valence-corrected chi connectivity index (χ4v) is 5.65. The molecule has 0 unspecified atom stereocenters. The zero-order valence-corrected chi connectivity index (χ0v) is 22.7. The van der Waals surface area contributed by atoms with Crippen molar-refractivity contribution in [2.75, 3.05) is 11.4 Å². The number of methoxy groups -OCH3 is 1. The van der Waals surface area contributed by atoms with E-state index < -0.39 is 15.9 Å². The quantitative estimate of drug-likeness (QED) is 0.201. The fourth-order valence-electron chi connectivity index (χ4n) is 3.70. The van der Waals surface area contributed by atoms with Gasteiger partial charge in [-0.25, -0.2) is 13.8 Å². The van der Waals surface area contributed by atoms with Crippen molar-refractivity contribution >= 4 is 43.8 Å². The van der Waals surface area contributed by atoms with Gasteiger partial charge in [0.2, 0.25) is 0 Å². The van der Waals surface area contributed by atoms with Crippen molar-refractivity contribution in [1.82, 2.24) is 5.43 Å². The molecule has 0 saturated heterocycles. The zero-order valence-electron chi connectivity index (χ0n) is 20.3. The SMILES string of the molecule is COc1cc(/C=N\NC(=O)c2ccccc2N(Cc2ccccc2)S(=O)(=O)c2ccccc2)cc(Br)c1O. The maximum absolute atomic E-state index is 13.8. The van der Waals surface area contributed by atoms with Crippen LogP contribution in [-0.4, -0.2) is 32.8 Å². The van der Waals surface area contributed by atoms with Crippen LogP contribution in [0.5, 0.6) is 11.5 Å². The number of ether oxygens (including phenoxy) is 1. The molecule has 0 saturated carbocycles. The first-order valence-electron chi connectivity index (χ1n) is 11.4. The Bertz CT molecular complexity index is 1560. The molecule has 10 heteroatoms. The molecule has 4 rings (SSSR count). The molecule has 8 nitrogen and oxygen atoms in total. The molecule has 0 fully saturated rings. The number of hydrogen-bond donors (Lipinski definition) is 2. The Kier molecular flexibility index (Phi) is 8.45. The van der Waals surface area contributed by atoms with E-state index in [4.69, 9.17) is 4.74 Å². The summed E-state index contributed by atoms with van der Waals surface area (Å²) in [6.45, 7) is 0.0208. The van der Waals surface area contributed by atoms with Crippen molar-refractivity contribution in [3.8, 4) is 11.5 Å². The lowest BCUT2D eigenvalue weighted by atomic mass is 10.1. The molecule has 0 heterocycles. The molecule has 4 aromatic rings. The smallest absolute Gasteiger partial charge is 0.273 e. The van der Waals surface area contributed by atoms with E-state index in [1.165, 1.54) is 29.8 Å². The second kappa shape index (κ2) is 11.9. The van der Waals surface area contributed by atoms with Crippen LogP contribution < -0.4 is 14.5 Å². The van der Waals surface area contributed by atoms with Gasteiger partial charge in [0, 0.05) is 0 Å². The summed E-state index contributed by atoms with van der Waals surface area (Å²) in [4.78, 5) is 13.3. The minimum absolute atomic E-state index is 0.0208. The topological polar surface area (TPSA) is 108 Å². The van der Waals surface area contributed by atoms with Gasteiger partial charge in [0.15, 0.2) is 11.5 Å². The number of para-hydroxylation sites is 1. The Hall–Kier alpha value is -4.15. The van der Waals surface area contributed by atoms with Gasteiger partial charge in [-0.3, -0.25) is 9.10 Å². The molecule has 0 bridgehead atoms. The summed E-state index contributed by atoms with van der Waals surface area (Å²) in [5, 5.41) is 14.0. The van der Waals surface area contributed by atoms with E-state index in [2.05, 4.69) is 26.5 Å². The summed E-state index contributed by atoms with van der Waals surface area (Å²) in [5.74, 6) is -0.413. The summed E-state index contributed by atoms with van der Waals surface area (Å²) >= 11 is 3.24. The van der Waals surface area contributed by atoms with Gasteiger partial charge in [-0.15, -0.1) is 0 Å².